The number of aromatic nitrogens is 2. The largest absolute Gasteiger partial charge is 0.497 e. The number of pyridine rings is 2. The second kappa shape index (κ2) is 7.30. The Labute approximate surface area is 143 Å². The summed E-state index contributed by atoms with van der Waals surface area (Å²) < 4.78 is 5.33. The van der Waals surface area contributed by atoms with E-state index < -0.39 is 0 Å². The van der Waals surface area contributed by atoms with Gasteiger partial charge in [0.15, 0.2) is 0 Å². The molecule has 24 heavy (non-hydrogen) atoms. The van der Waals surface area contributed by atoms with Crippen molar-refractivity contribution in [2.75, 3.05) is 25.1 Å². The fourth-order valence-corrected chi connectivity index (χ4v) is 2.97. The minimum Gasteiger partial charge on any atom is -0.497 e. The summed E-state index contributed by atoms with van der Waals surface area (Å²) in [5.74, 6) is 0.839. The molecule has 3 rings (SSSR count). The summed E-state index contributed by atoms with van der Waals surface area (Å²) in [4.78, 5) is 11.2. The average Bonchev–Trinajstić information content (AvgIpc) is 2.62. The SMILES string of the molecule is CCN(CCc1ccncc1)c1cc(C)nc2cc(OC)ccc12. The van der Waals surface area contributed by atoms with E-state index >= 15 is 0 Å². The number of aryl methyl sites for hydroxylation is 1. The van der Waals surface area contributed by atoms with Crippen molar-refractivity contribution in [3.05, 3.63) is 60.0 Å². The monoisotopic (exact) mass is 321 g/mol. The quantitative estimate of drug-likeness (QED) is 0.687. The molecule has 0 N–H and O–H groups in total. The molecule has 4 heteroatoms. The highest BCUT2D eigenvalue weighted by molar-refractivity contribution is 5.92. The van der Waals surface area contributed by atoms with Gasteiger partial charge in [0, 0.05) is 48.3 Å². The molecule has 0 radical (unpaired) electrons. The van der Waals surface area contributed by atoms with E-state index in [1.807, 2.05) is 31.5 Å². The highest BCUT2D eigenvalue weighted by atomic mass is 16.5. The molecule has 0 bridgehead atoms. The smallest absolute Gasteiger partial charge is 0.121 e. The summed E-state index contributed by atoms with van der Waals surface area (Å²) in [6.45, 7) is 6.15. The summed E-state index contributed by atoms with van der Waals surface area (Å²) in [5, 5.41) is 1.16. The summed E-state index contributed by atoms with van der Waals surface area (Å²) in [7, 11) is 1.69. The van der Waals surface area contributed by atoms with E-state index in [1.54, 1.807) is 7.11 Å². The van der Waals surface area contributed by atoms with Gasteiger partial charge in [-0.3, -0.25) is 9.97 Å². The topological polar surface area (TPSA) is 38.2 Å². The van der Waals surface area contributed by atoms with Gasteiger partial charge < -0.3 is 9.64 Å². The number of hydrogen-bond donors (Lipinski definition) is 0. The maximum absolute atomic E-state index is 5.33. The number of fused-ring (bicyclic) bond motifs is 1. The summed E-state index contributed by atoms with van der Waals surface area (Å²) in [6, 6.07) is 12.4. The first-order chi connectivity index (χ1) is 11.7. The predicted octanol–water partition coefficient (Wildman–Crippen LogP) is 4.02. The Morgan fingerprint density at radius 2 is 1.88 bits per heavy atom. The minimum absolute atomic E-state index is 0.839. The molecule has 1 aromatic carbocycles. The second-order valence-electron chi connectivity index (χ2n) is 5.85. The lowest BCUT2D eigenvalue weighted by molar-refractivity contribution is 0.415. The molecular weight excluding hydrogens is 298 g/mol. The van der Waals surface area contributed by atoms with Crippen molar-refractivity contribution in [1.29, 1.82) is 0 Å². The van der Waals surface area contributed by atoms with Crippen LogP contribution in [0.5, 0.6) is 5.75 Å². The fourth-order valence-electron chi connectivity index (χ4n) is 2.97. The Morgan fingerprint density at radius 3 is 2.58 bits per heavy atom. The van der Waals surface area contributed by atoms with Crippen LogP contribution in [0.25, 0.3) is 10.9 Å². The van der Waals surface area contributed by atoms with Crippen molar-refractivity contribution in [2.45, 2.75) is 20.3 Å². The lowest BCUT2D eigenvalue weighted by atomic mass is 10.1. The van der Waals surface area contributed by atoms with E-state index in [4.69, 9.17) is 4.74 Å². The lowest BCUT2D eigenvalue weighted by Crippen LogP contribution is -2.25. The van der Waals surface area contributed by atoms with Crippen LogP contribution in [-0.2, 0) is 6.42 Å². The number of methoxy groups -OCH3 is 1. The molecule has 0 fully saturated rings. The zero-order valence-electron chi connectivity index (χ0n) is 14.5. The summed E-state index contributed by atoms with van der Waals surface area (Å²) in [5.41, 5.74) is 4.54. The zero-order chi connectivity index (χ0) is 16.9. The molecule has 0 saturated heterocycles. The van der Waals surface area contributed by atoms with Gasteiger partial charge in [0.05, 0.1) is 12.6 Å². The van der Waals surface area contributed by atoms with Crippen molar-refractivity contribution < 1.29 is 4.74 Å². The van der Waals surface area contributed by atoms with E-state index in [-0.39, 0.29) is 0 Å². The lowest BCUT2D eigenvalue weighted by Gasteiger charge is -2.25. The highest BCUT2D eigenvalue weighted by Gasteiger charge is 2.11. The molecule has 0 aliphatic rings. The van der Waals surface area contributed by atoms with Crippen LogP contribution in [0.15, 0.2) is 48.8 Å². The molecule has 4 nitrogen and oxygen atoms in total. The van der Waals surface area contributed by atoms with Crippen molar-refractivity contribution in [3.8, 4) is 5.75 Å². The second-order valence-corrected chi connectivity index (χ2v) is 5.85. The third-order valence-corrected chi connectivity index (χ3v) is 4.27. The zero-order valence-corrected chi connectivity index (χ0v) is 14.5. The van der Waals surface area contributed by atoms with Gasteiger partial charge in [0.25, 0.3) is 0 Å². The van der Waals surface area contributed by atoms with Gasteiger partial charge in [0.2, 0.25) is 0 Å². The van der Waals surface area contributed by atoms with Crippen LogP contribution in [0.3, 0.4) is 0 Å². The van der Waals surface area contributed by atoms with Crippen LogP contribution in [0.4, 0.5) is 5.69 Å². The molecule has 0 aliphatic heterocycles. The number of rotatable bonds is 6. The van der Waals surface area contributed by atoms with Gasteiger partial charge in [-0.2, -0.15) is 0 Å². The fraction of sp³-hybridized carbons (Fsp3) is 0.300. The Balaban J connectivity index is 1.93. The first-order valence-corrected chi connectivity index (χ1v) is 8.30. The van der Waals surface area contributed by atoms with Crippen LogP contribution in [0, 0.1) is 6.92 Å². The van der Waals surface area contributed by atoms with Crippen LogP contribution in [-0.4, -0.2) is 30.2 Å². The number of ether oxygens (including phenoxy) is 1. The Kier molecular flexibility index (Phi) is 4.94. The maximum atomic E-state index is 5.33. The molecule has 0 spiro atoms. The molecule has 124 valence electrons. The van der Waals surface area contributed by atoms with Gasteiger partial charge >= 0.3 is 0 Å². The van der Waals surface area contributed by atoms with Gasteiger partial charge in [-0.15, -0.1) is 0 Å². The molecule has 3 aromatic rings. The van der Waals surface area contributed by atoms with E-state index in [1.165, 1.54) is 11.3 Å². The number of likely N-dealkylation sites (N-methyl/N-ethyl adjacent to an activating group) is 1. The van der Waals surface area contributed by atoms with E-state index in [9.17, 15) is 0 Å². The van der Waals surface area contributed by atoms with Gasteiger partial charge in [-0.05, 0) is 56.2 Å². The Morgan fingerprint density at radius 1 is 1.08 bits per heavy atom. The molecule has 0 saturated carbocycles. The third kappa shape index (κ3) is 3.48. The number of anilines is 1. The number of benzene rings is 1. The molecular formula is C20H23N3O. The van der Waals surface area contributed by atoms with Crippen LogP contribution >= 0.6 is 0 Å². The van der Waals surface area contributed by atoms with Crippen LogP contribution in [0.2, 0.25) is 0 Å². The predicted molar refractivity (Wildman–Crippen MR) is 98.9 cm³/mol. The molecule has 0 aliphatic carbocycles. The summed E-state index contributed by atoms with van der Waals surface area (Å²) in [6.07, 6.45) is 4.70. The number of hydrogen-bond acceptors (Lipinski definition) is 4. The first-order valence-electron chi connectivity index (χ1n) is 8.30. The minimum atomic E-state index is 0.839. The van der Waals surface area contributed by atoms with Crippen molar-refractivity contribution in [3.63, 3.8) is 0 Å². The van der Waals surface area contributed by atoms with Gasteiger partial charge in [-0.25, -0.2) is 0 Å². The van der Waals surface area contributed by atoms with Crippen LogP contribution < -0.4 is 9.64 Å². The van der Waals surface area contributed by atoms with Crippen molar-refractivity contribution in [2.24, 2.45) is 0 Å². The van der Waals surface area contributed by atoms with Gasteiger partial charge in [0.1, 0.15) is 5.75 Å². The number of nitrogens with zero attached hydrogens (tertiary/aromatic N) is 3. The standard InChI is InChI=1S/C20H23N3O/c1-4-23(12-9-16-7-10-21-11-8-16)20-13-15(2)22-19-14-17(24-3)5-6-18(19)20/h5-8,10-11,13-14H,4,9,12H2,1-3H3. The normalized spacial score (nSPS) is 10.8. The molecule has 0 amide bonds. The summed E-state index contributed by atoms with van der Waals surface area (Å²) >= 11 is 0. The van der Waals surface area contributed by atoms with Crippen molar-refractivity contribution >= 4 is 16.6 Å². The first kappa shape index (κ1) is 16.2. The highest BCUT2D eigenvalue weighted by Crippen LogP contribution is 2.29. The van der Waals surface area contributed by atoms with Crippen LogP contribution in [0.1, 0.15) is 18.2 Å². The Hall–Kier alpha value is -2.62. The molecule has 2 aromatic heterocycles. The maximum Gasteiger partial charge on any atom is 0.121 e. The molecule has 0 unspecified atom stereocenters. The molecule has 0 atom stereocenters. The van der Waals surface area contributed by atoms with E-state index in [2.05, 4.69) is 46.1 Å². The van der Waals surface area contributed by atoms with Crippen molar-refractivity contribution in [1.82, 2.24) is 9.97 Å². The molecule has 2 heterocycles. The van der Waals surface area contributed by atoms with Gasteiger partial charge in [-0.1, -0.05) is 0 Å². The van der Waals surface area contributed by atoms with E-state index in [0.717, 1.165) is 41.9 Å². The van der Waals surface area contributed by atoms with E-state index in [0.29, 0.717) is 0 Å². The average molecular weight is 321 g/mol. The third-order valence-electron chi connectivity index (χ3n) is 4.27. The Bertz CT molecular complexity index is 818.